The molecule has 0 aliphatic carbocycles. The van der Waals surface area contributed by atoms with Gasteiger partial charge in [-0.2, -0.15) is 0 Å². The van der Waals surface area contributed by atoms with Gasteiger partial charge in [-0.1, -0.05) is 23.7 Å². The quantitative estimate of drug-likeness (QED) is 0.639. The van der Waals surface area contributed by atoms with Crippen molar-refractivity contribution >= 4 is 29.2 Å². The van der Waals surface area contributed by atoms with Gasteiger partial charge in [0, 0.05) is 10.6 Å². The van der Waals surface area contributed by atoms with E-state index < -0.39 is 5.97 Å². The molecule has 0 saturated carbocycles. The molecule has 0 amide bonds. The third-order valence-electron chi connectivity index (χ3n) is 2.06. The third-order valence-corrected chi connectivity index (χ3v) is 2.48. The number of hydrogen-bond acceptors (Lipinski definition) is 3. The second-order valence-electron chi connectivity index (χ2n) is 3.22. The van der Waals surface area contributed by atoms with Gasteiger partial charge in [-0.15, -0.1) is 0 Å². The number of hydrogen-bond donors (Lipinski definition) is 1. The van der Waals surface area contributed by atoms with Crippen LogP contribution in [0.25, 0.3) is 11.3 Å². The van der Waals surface area contributed by atoms with Crippen LogP contribution in [0.2, 0.25) is 10.3 Å². The molecular weight excluding hydrogens is 302 g/mol. The van der Waals surface area contributed by atoms with Gasteiger partial charge in [0.1, 0.15) is 0 Å². The van der Waals surface area contributed by atoms with Gasteiger partial charge in [0.05, 0.1) is 5.69 Å². The first-order valence-corrected chi connectivity index (χ1v) is 5.35. The number of halogens is 2. The Labute approximate surface area is 157 Å². The summed E-state index contributed by atoms with van der Waals surface area (Å²) < 4.78 is 0. The van der Waals surface area contributed by atoms with E-state index in [2.05, 4.69) is 9.97 Å². The van der Waals surface area contributed by atoms with Gasteiger partial charge < -0.3 is 6.53 Å². The summed E-state index contributed by atoms with van der Waals surface area (Å²) in [5.74, 6) is -1.15. The SMILES string of the molecule is O=C(O)c1cc(-c2ccc(Cl)cc2)nc(Cl)n1.[H-].[K+]. The van der Waals surface area contributed by atoms with Gasteiger partial charge in [-0.3, -0.25) is 0 Å². The Morgan fingerprint density at radius 2 is 1.78 bits per heavy atom. The van der Waals surface area contributed by atoms with Crippen LogP contribution in [0.5, 0.6) is 0 Å². The van der Waals surface area contributed by atoms with E-state index in [1.807, 2.05) is 0 Å². The molecule has 1 aromatic heterocycles. The van der Waals surface area contributed by atoms with Gasteiger partial charge in [0.25, 0.3) is 0 Å². The maximum absolute atomic E-state index is 10.8. The summed E-state index contributed by atoms with van der Waals surface area (Å²) in [5, 5.41) is 9.34. The molecule has 7 heteroatoms. The monoisotopic (exact) mass is 308 g/mol. The summed E-state index contributed by atoms with van der Waals surface area (Å²) >= 11 is 11.4. The number of benzene rings is 1. The Hall–Kier alpha value is -0.0136. The summed E-state index contributed by atoms with van der Waals surface area (Å²) in [7, 11) is 0. The van der Waals surface area contributed by atoms with Gasteiger partial charge in [0.15, 0.2) is 5.69 Å². The zero-order chi connectivity index (χ0) is 12.4. The van der Waals surface area contributed by atoms with Crippen molar-refractivity contribution in [2.75, 3.05) is 0 Å². The first-order valence-electron chi connectivity index (χ1n) is 4.60. The molecule has 0 aliphatic rings. The second-order valence-corrected chi connectivity index (χ2v) is 3.99. The summed E-state index contributed by atoms with van der Waals surface area (Å²) in [6, 6.07) is 8.19. The summed E-state index contributed by atoms with van der Waals surface area (Å²) in [6.45, 7) is 0. The van der Waals surface area contributed by atoms with Crippen LogP contribution in [0.1, 0.15) is 11.9 Å². The molecule has 4 nitrogen and oxygen atoms in total. The zero-order valence-corrected chi connectivity index (χ0v) is 14.0. The molecule has 1 heterocycles. The number of carbonyl (C=O) groups is 1. The van der Waals surface area contributed by atoms with Crippen molar-refractivity contribution in [1.82, 2.24) is 9.97 Å². The Morgan fingerprint density at radius 1 is 1.17 bits per heavy atom. The molecule has 0 fully saturated rings. The standard InChI is InChI=1S/C11H6Cl2N2O2.K.H/c12-7-3-1-6(2-4-7)8-5-9(10(16)17)15-11(13)14-8;;/h1-5H,(H,16,17);;/q;+1;-1. The average Bonchev–Trinajstić information content (AvgIpc) is 2.29. The fraction of sp³-hybridized carbons (Fsp3) is 0. The largest absolute Gasteiger partial charge is 1.00 e. The topological polar surface area (TPSA) is 63.1 Å². The van der Waals surface area contributed by atoms with E-state index in [-0.39, 0.29) is 63.8 Å². The van der Waals surface area contributed by atoms with E-state index >= 15 is 0 Å². The molecule has 0 bridgehead atoms. The summed E-state index contributed by atoms with van der Waals surface area (Å²) in [5.41, 5.74) is 1.02. The van der Waals surface area contributed by atoms with Crippen LogP contribution in [0, 0.1) is 0 Å². The molecule has 0 aliphatic heterocycles. The molecule has 1 N–H and O–H groups in total. The molecule has 2 rings (SSSR count). The van der Waals surface area contributed by atoms with E-state index in [9.17, 15) is 4.79 Å². The minimum atomic E-state index is -1.15. The second kappa shape index (κ2) is 6.95. The van der Waals surface area contributed by atoms with E-state index in [1.54, 1.807) is 24.3 Å². The van der Waals surface area contributed by atoms with E-state index in [1.165, 1.54) is 6.07 Å². The number of aromatic nitrogens is 2. The Kier molecular flexibility index (Phi) is 6.20. The fourth-order valence-corrected chi connectivity index (χ4v) is 1.60. The number of rotatable bonds is 2. The summed E-state index contributed by atoms with van der Waals surface area (Å²) in [6.07, 6.45) is 0. The van der Waals surface area contributed by atoms with Crippen LogP contribution in [0.4, 0.5) is 0 Å². The number of nitrogens with zero attached hydrogens (tertiary/aromatic N) is 2. The number of carboxylic acid groups (broad SMARTS) is 1. The molecule has 0 unspecified atom stereocenters. The van der Waals surface area contributed by atoms with Crippen molar-refractivity contribution in [2.45, 2.75) is 0 Å². The predicted molar refractivity (Wildman–Crippen MR) is 65.6 cm³/mol. The molecule has 18 heavy (non-hydrogen) atoms. The van der Waals surface area contributed by atoms with Gasteiger partial charge >= 0.3 is 57.4 Å². The van der Waals surface area contributed by atoms with Gasteiger partial charge in [-0.25, -0.2) is 14.8 Å². The molecule has 2 aromatic rings. The molecule has 88 valence electrons. The molecule has 0 radical (unpaired) electrons. The smallest absolute Gasteiger partial charge is 1.00 e. The van der Waals surface area contributed by atoms with Crippen LogP contribution in [-0.4, -0.2) is 21.0 Å². The molecule has 0 spiro atoms. The minimum Gasteiger partial charge on any atom is -1.00 e. The molecular formula is C11H7Cl2KN2O2. The third kappa shape index (κ3) is 3.99. The average molecular weight is 309 g/mol. The van der Waals surface area contributed by atoms with Crippen molar-refractivity contribution < 1.29 is 62.7 Å². The van der Waals surface area contributed by atoms with Crippen LogP contribution in [0.3, 0.4) is 0 Å². The first-order chi connectivity index (χ1) is 8.06. The van der Waals surface area contributed by atoms with E-state index in [0.717, 1.165) is 5.56 Å². The molecule has 0 atom stereocenters. The van der Waals surface area contributed by atoms with Crippen molar-refractivity contribution in [3.8, 4) is 11.3 Å². The molecule has 0 saturated heterocycles. The zero-order valence-electron chi connectivity index (χ0n) is 10.4. The number of carboxylic acids is 1. The Balaban J connectivity index is 0.00000162. The Morgan fingerprint density at radius 3 is 2.33 bits per heavy atom. The van der Waals surface area contributed by atoms with Crippen LogP contribution >= 0.6 is 23.2 Å². The Bertz CT molecular complexity index is 581. The maximum atomic E-state index is 10.8. The van der Waals surface area contributed by atoms with Crippen molar-refractivity contribution in [1.29, 1.82) is 0 Å². The normalized spacial score (nSPS) is 9.67. The van der Waals surface area contributed by atoms with Crippen molar-refractivity contribution in [3.63, 3.8) is 0 Å². The summed E-state index contributed by atoms with van der Waals surface area (Å²) in [4.78, 5) is 18.4. The maximum Gasteiger partial charge on any atom is 1.00 e. The van der Waals surface area contributed by atoms with Gasteiger partial charge in [0.2, 0.25) is 5.28 Å². The van der Waals surface area contributed by atoms with E-state index in [0.29, 0.717) is 10.7 Å². The van der Waals surface area contributed by atoms with Crippen LogP contribution in [-0.2, 0) is 0 Å². The predicted octanol–water partition coefficient (Wildman–Crippen LogP) is 0.265. The van der Waals surface area contributed by atoms with Crippen LogP contribution < -0.4 is 51.4 Å². The van der Waals surface area contributed by atoms with Crippen molar-refractivity contribution in [2.24, 2.45) is 0 Å². The molecule has 1 aromatic carbocycles. The van der Waals surface area contributed by atoms with Crippen LogP contribution in [0.15, 0.2) is 30.3 Å². The number of aromatic carboxylic acids is 1. The minimum absolute atomic E-state index is 0. The first kappa shape index (κ1) is 16.0. The van der Waals surface area contributed by atoms with Gasteiger partial charge in [-0.05, 0) is 29.8 Å². The van der Waals surface area contributed by atoms with E-state index in [4.69, 9.17) is 28.3 Å². The fourth-order valence-electron chi connectivity index (χ4n) is 1.30. The van der Waals surface area contributed by atoms with Crippen molar-refractivity contribution in [3.05, 3.63) is 46.3 Å².